The van der Waals surface area contributed by atoms with Crippen LogP contribution in [0, 0.1) is 11.8 Å². The van der Waals surface area contributed by atoms with Crippen molar-refractivity contribution in [3.8, 4) is 45.6 Å². The Kier molecular flexibility index (Phi) is 8.76. The number of methoxy groups -OCH3 is 4. The molecule has 2 aliphatic rings. The first-order chi connectivity index (χ1) is 21.2. The maximum absolute atomic E-state index is 14.3. The van der Waals surface area contributed by atoms with Crippen molar-refractivity contribution in [2.45, 2.75) is 39.7 Å². The number of esters is 1. The largest absolute Gasteiger partial charge is 0.493 e. The number of ether oxygens (including phenoxy) is 7. The number of hydrogen-bond donors (Lipinski definition) is 0. The number of carbonyl (C=O) groups excluding carboxylic acids is 2. The van der Waals surface area contributed by atoms with Crippen LogP contribution in [0.3, 0.4) is 0 Å². The third-order valence-corrected chi connectivity index (χ3v) is 8.79. The fourth-order valence-electron chi connectivity index (χ4n) is 6.23. The van der Waals surface area contributed by atoms with Gasteiger partial charge in [0, 0.05) is 22.6 Å². The molecule has 1 heterocycles. The van der Waals surface area contributed by atoms with Gasteiger partial charge in [-0.1, -0.05) is 38.1 Å². The Morgan fingerprint density at radius 3 is 2.09 bits per heavy atom. The first-order valence-corrected chi connectivity index (χ1v) is 14.5. The smallest absolute Gasteiger partial charge is 0.338 e. The van der Waals surface area contributed by atoms with Gasteiger partial charge in [-0.05, 0) is 55.2 Å². The van der Waals surface area contributed by atoms with E-state index in [2.05, 4.69) is 0 Å². The number of rotatable bonds is 8. The van der Waals surface area contributed by atoms with Gasteiger partial charge in [0.2, 0.25) is 18.3 Å². The molecule has 0 saturated carbocycles. The van der Waals surface area contributed by atoms with E-state index in [-0.39, 0.29) is 24.4 Å². The molecule has 0 saturated heterocycles. The highest BCUT2D eigenvalue weighted by Gasteiger charge is 2.45. The SMILES string of the molecule is C/C=C(\C)C(=O)[C@H]1c2cc(OC)c(OC)c(OC)c2-c2c(cc3c(c2OC)OCO3)[C@H](OC(=O)c2ccccc2)[C@H](C)[C@H]1C. The molecular weight excluding hydrogens is 564 g/mol. The summed E-state index contributed by atoms with van der Waals surface area (Å²) in [5.74, 6) is 0.393. The Morgan fingerprint density at radius 1 is 0.818 bits per heavy atom. The molecule has 0 aromatic heterocycles. The number of Topliss-reactive ketones (excluding diaryl/α,β-unsaturated/α-hetero) is 1. The van der Waals surface area contributed by atoms with Gasteiger partial charge in [-0.25, -0.2) is 4.79 Å². The highest BCUT2D eigenvalue weighted by Crippen LogP contribution is 2.60. The van der Waals surface area contributed by atoms with E-state index in [0.29, 0.717) is 67.9 Å². The second-order valence-corrected chi connectivity index (χ2v) is 10.9. The van der Waals surface area contributed by atoms with Crippen LogP contribution in [-0.4, -0.2) is 47.0 Å². The van der Waals surface area contributed by atoms with Crippen molar-refractivity contribution in [3.63, 3.8) is 0 Å². The van der Waals surface area contributed by atoms with Gasteiger partial charge in [0.05, 0.1) is 39.9 Å². The van der Waals surface area contributed by atoms with E-state index in [1.807, 2.05) is 39.0 Å². The summed E-state index contributed by atoms with van der Waals surface area (Å²) in [6.45, 7) is 7.62. The van der Waals surface area contributed by atoms with Crippen LogP contribution >= 0.6 is 0 Å². The Labute approximate surface area is 257 Å². The number of benzene rings is 3. The van der Waals surface area contributed by atoms with E-state index in [1.165, 1.54) is 21.3 Å². The molecule has 0 bridgehead atoms. The lowest BCUT2D eigenvalue weighted by molar-refractivity contribution is -0.118. The van der Waals surface area contributed by atoms with Gasteiger partial charge in [-0.2, -0.15) is 0 Å². The summed E-state index contributed by atoms with van der Waals surface area (Å²) in [5, 5.41) is 0. The van der Waals surface area contributed by atoms with Gasteiger partial charge in [-0.15, -0.1) is 0 Å². The number of carbonyl (C=O) groups is 2. The van der Waals surface area contributed by atoms with Crippen molar-refractivity contribution in [1.29, 1.82) is 0 Å². The Bertz CT molecular complexity index is 1610. The maximum atomic E-state index is 14.3. The normalized spacial score (nSPS) is 20.4. The Hall–Kier alpha value is -4.66. The average Bonchev–Trinajstić information content (AvgIpc) is 3.53. The van der Waals surface area contributed by atoms with E-state index in [0.717, 1.165) is 0 Å². The van der Waals surface area contributed by atoms with Gasteiger partial charge < -0.3 is 33.2 Å². The molecule has 4 atom stereocenters. The van der Waals surface area contributed by atoms with Crippen molar-refractivity contribution < 1.29 is 42.7 Å². The molecule has 44 heavy (non-hydrogen) atoms. The second kappa shape index (κ2) is 12.5. The van der Waals surface area contributed by atoms with Gasteiger partial charge in [-0.3, -0.25) is 4.79 Å². The third-order valence-electron chi connectivity index (χ3n) is 8.79. The number of hydrogen-bond acceptors (Lipinski definition) is 9. The molecule has 0 spiro atoms. The summed E-state index contributed by atoms with van der Waals surface area (Å²) < 4.78 is 41.7. The monoisotopic (exact) mass is 602 g/mol. The van der Waals surface area contributed by atoms with Crippen LogP contribution < -0.4 is 28.4 Å². The minimum Gasteiger partial charge on any atom is -0.493 e. The zero-order valence-corrected chi connectivity index (χ0v) is 26.3. The van der Waals surface area contributed by atoms with Crippen LogP contribution in [0.1, 0.15) is 61.2 Å². The number of fused-ring (bicyclic) bond motifs is 4. The lowest BCUT2D eigenvalue weighted by Gasteiger charge is -2.39. The second-order valence-electron chi connectivity index (χ2n) is 10.9. The molecule has 232 valence electrons. The van der Waals surface area contributed by atoms with E-state index < -0.39 is 18.0 Å². The van der Waals surface area contributed by atoms with E-state index in [4.69, 9.17) is 33.2 Å². The lowest BCUT2D eigenvalue weighted by Crippen LogP contribution is -2.33. The standard InChI is InChI=1S/C35H38O9/c1-9-18(2)29(36)26-19(3)20(4)30(44-35(37)21-13-11-10-12-14-21)23-16-25-32(43-17-42-25)34(41-8)28(23)27-22(26)15-24(38-5)31(39-6)33(27)40-7/h9-16,19-20,26,30H,17H2,1-8H3/b18-9+/t19-,20-,26-,30-/m1/s1. The molecule has 0 radical (unpaired) electrons. The molecule has 5 rings (SSSR count). The van der Waals surface area contributed by atoms with Crippen LogP contribution in [0.15, 0.2) is 54.1 Å². The van der Waals surface area contributed by atoms with Crippen LogP contribution in [0.2, 0.25) is 0 Å². The summed E-state index contributed by atoms with van der Waals surface area (Å²) in [4.78, 5) is 27.9. The first-order valence-electron chi connectivity index (χ1n) is 14.5. The first kappa shape index (κ1) is 30.8. The molecule has 1 aliphatic carbocycles. The maximum Gasteiger partial charge on any atom is 0.338 e. The third kappa shape index (κ3) is 5.00. The molecule has 3 aromatic carbocycles. The quantitative estimate of drug-likeness (QED) is 0.201. The Balaban J connectivity index is 1.93. The van der Waals surface area contributed by atoms with E-state index in [9.17, 15) is 9.59 Å². The van der Waals surface area contributed by atoms with Crippen molar-refractivity contribution in [1.82, 2.24) is 0 Å². The summed E-state index contributed by atoms with van der Waals surface area (Å²) in [6, 6.07) is 12.5. The number of ketones is 1. The molecule has 9 heteroatoms. The summed E-state index contributed by atoms with van der Waals surface area (Å²) in [7, 11) is 6.13. The predicted octanol–water partition coefficient (Wildman–Crippen LogP) is 6.92. The molecule has 1 aliphatic heterocycles. The fraction of sp³-hybridized carbons (Fsp3) is 0.371. The van der Waals surface area contributed by atoms with Crippen molar-refractivity contribution >= 4 is 11.8 Å². The molecule has 9 nitrogen and oxygen atoms in total. The zero-order valence-electron chi connectivity index (χ0n) is 26.3. The van der Waals surface area contributed by atoms with Crippen LogP contribution in [0.4, 0.5) is 0 Å². The summed E-state index contributed by atoms with van der Waals surface area (Å²) >= 11 is 0. The van der Waals surface area contributed by atoms with Crippen molar-refractivity contribution in [3.05, 3.63) is 70.8 Å². The van der Waals surface area contributed by atoms with Crippen molar-refractivity contribution in [2.24, 2.45) is 11.8 Å². The summed E-state index contributed by atoms with van der Waals surface area (Å²) in [5.41, 5.74) is 3.39. The summed E-state index contributed by atoms with van der Waals surface area (Å²) in [6.07, 6.45) is 0.985. The minimum atomic E-state index is -0.816. The van der Waals surface area contributed by atoms with E-state index >= 15 is 0 Å². The Morgan fingerprint density at radius 2 is 1.48 bits per heavy atom. The molecule has 0 unspecified atom stereocenters. The van der Waals surface area contributed by atoms with Crippen LogP contribution in [-0.2, 0) is 9.53 Å². The minimum absolute atomic E-state index is 0.00740. The topological polar surface area (TPSA) is 98.8 Å². The zero-order chi connectivity index (χ0) is 31.7. The van der Waals surface area contributed by atoms with Crippen LogP contribution in [0.5, 0.6) is 34.5 Å². The van der Waals surface area contributed by atoms with Crippen molar-refractivity contribution in [2.75, 3.05) is 35.2 Å². The average molecular weight is 603 g/mol. The van der Waals surface area contributed by atoms with E-state index in [1.54, 1.807) is 44.4 Å². The highest BCUT2D eigenvalue weighted by atomic mass is 16.7. The van der Waals surface area contributed by atoms with Gasteiger partial charge in [0.25, 0.3) is 0 Å². The van der Waals surface area contributed by atoms with Gasteiger partial charge >= 0.3 is 5.97 Å². The molecule has 3 aromatic rings. The number of allylic oxidation sites excluding steroid dienone is 2. The molecule has 0 N–H and O–H groups in total. The van der Waals surface area contributed by atoms with Crippen LogP contribution in [0.25, 0.3) is 11.1 Å². The lowest BCUT2D eigenvalue weighted by atomic mass is 9.68. The molecule has 0 fully saturated rings. The van der Waals surface area contributed by atoms with Gasteiger partial charge in [0.15, 0.2) is 28.8 Å². The molecule has 0 amide bonds. The predicted molar refractivity (Wildman–Crippen MR) is 164 cm³/mol. The molecular formula is C35H38O9. The highest BCUT2D eigenvalue weighted by molar-refractivity contribution is 6.03. The fourth-order valence-corrected chi connectivity index (χ4v) is 6.23. The van der Waals surface area contributed by atoms with Gasteiger partial charge in [0.1, 0.15) is 6.10 Å².